The molecule has 102 valence electrons. The fourth-order valence-electron chi connectivity index (χ4n) is 1.30. The van der Waals surface area contributed by atoms with E-state index in [1.165, 1.54) is 39.0 Å². The first-order valence-electron chi connectivity index (χ1n) is 5.20. The fraction of sp³-hybridized carbons (Fsp3) is 0.400. The van der Waals surface area contributed by atoms with Crippen LogP contribution in [0.5, 0.6) is 0 Å². The van der Waals surface area contributed by atoms with E-state index in [2.05, 4.69) is 4.72 Å². The Hall–Kier alpha value is -1.12. The van der Waals surface area contributed by atoms with Gasteiger partial charge in [-0.3, -0.25) is 4.72 Å². The molecule has 0 radical (unpaired) electrons. The number of nitrogens with two attached hydrogens (primary N) is 1. The van der Waals surface area contributed by atoms with Crippen molar-refractivity contribution in [1.29, 1.82) is 0 Å². The predicted molar refractivity (Wildman–Crippen MR) is 70.2 cm³/mol. The second-order valence-electron chi connectivity index (χ2n) is 4.17. The van der Waals surface area contributed by atoms with Crippen molar-refractivity contribution in [3.63, 3.8) is 0 Å². The van der Waals surface area contributed by atoms with E-state index in [1.807, 2.05) is 0 Å². The Morgan fingerprint density at radius 2 is 1.72 bits per heavy atom. The number of benzene rings is 1. The summed E-state index contributed by atoms with van der Waals surface area (Å²) in [7, 11) is -7.39. The van der Waals surface area contributed by atoms with Gasteiger partial charge in [0.15, 0.2) is 0 Å². The van der Waals surface area contributed by atoms with Crippen LogP contribution in [0.25, 0.3) is 0 Å². The summed E-state index contributed by atoms with van der Waals surface area (Å²) >= 11 is 0. The molecule has 6 nitrogen and oxygen atoms in total. The number of hydrogen-bond donors (Lipinski definition) is 2. The van der Waals surface area contributed by atoms with E-state index in [4.69, 9.17) is 5.14 Å². The topological polar surface area (TPSA) is 106 Å². The number of sulfonamides is 2. The van der Waals surface area contributed by atoms with Crippen molar-refractivity contribution in [3.05, 3.63) is 23.8 Å². The molecule has 0 amide bonds. The lowest BCUT2D eigenvalue weighted by molar-refractivity contribution is 0.591. The largest absolute Gasteiger partial charge is 0.283 e. The van der Waals surface area contributed by atoms with Crippen LogP contribution in [0.2, 0.25) is 0 Å². The highest BCUT2D eigenvalue weighted by Crippen LogP contribution is 2.23. The van der Waals surface area contributed by atoms with E-state index >= 15 is 0 Å². The van der Waals surface area contributed by atoms with Gasteiger partial charge in [-0.15, -0.1) is 0 Å². The molecule has 1 rings (SSSR count). The second kappa shape index (κ2) is 4.87. The molecule has 0 aliphatic rings. The first-order chi connectivity index (χ1) is 8.05. The molecule has 0 spiro atoms. The molecule has 8 heteroatoms. The maximum absolute atomic E-state index is 11.7. The zero-order valence-corrected chi connectivity index (χ0v) is 12.0. The van der Waals surface area contributed by atoms with Crippen molar-refractivity contribution < 1.29 is 16.8 Å². The lowest BCUT2D eigenvalue weighted by Gasteiger charge is -2.14. The molecule has 0 unspecified atom stereocenters. The van der Waals surface area contributed by atoms with E-state index in [9.17, 15) is 16.8 Å². The number of primary sulfonamides is 1. The van der Waals surface area contributed by atoms with Gasteiger partial charge in [0, 0.05) is 0 Å². The van der Waals surface area contributed by atoms with E-state index in [1.54, 1.807) is 0 Å². The Morgan fingerprint density at radius 1 is 1.17 bits per heavy atom. The Morgan fingerprint density at radius 3 is 2.17 bits per heavy atom. The molecule has 0 aliphatic heterocycles. The number of nitrogens with one attached hydrogen (secondary N) is 1. The van der Waals surface area contributed by atoms with Gasteiger partial charge in [-0.2, -0.15) is 0 Å². The minimum atomic E-state index is -3.87. The first-order valence-corrected chi connectivity index (χ1v) is 8.29. The first kappa shape index (κ1) is 14.9. The summed E-state index contributed by atoms with van der Waals surface area (Å²) in [5.74, 6) is 0. The quantitative estimate of drug-likeness (QED) is 0.855. The zero-order valence-electron chi connectivity index (χ0n) is 10.3. The molecular weight excluding hydrogens is 276 g/mol. The van der Waals surface area contributed by atoms with Gasteiger partial charge >= 0.3 is 0 Å². The van der Waals surface area contributed by atoms with Gasteiger partial charge in [0.05, 0.1) is 15.8 Å². The zero-order chi connectivity index (χ0) is 14.1. The molecule has 0 heterocycles. The third-order valence-corrected chi connectivity index (χ3v) is 5.26. The molecule has 1 aromatic carbocycles. The monoisotopic (exact) mass is 292 g/mol. The number of rotatable bonds is 4. The molecule has 18 heavy (non-hydrogen) atoms. The SMILES string of the molecule is Cc1c(NS(=O)(=O)C(C)C)cccc1S(N)(=O)=O. The summed E-state index contributed by atoms with van der Waals surface area (Å²) in [5, 5.41) is 4.43. The summed E-state index contributed by atoms with van der Waals surface area (Å²) in [6.45, 7) is 4.56. The minimum absolute atomic E-state index is 0.0912. The highest BCUT2D eigenvalue weighted by atomic mass is 32.2. The van der Waals surface area contributed by atoms with Crippen LogP contribution in [0.1, 0.15) is 19.4 Å². The summed E-state index contributed by atoms with van der Waals surface area (Å²) in [4.78, 5) is -0.0912. The van der Waals surface area contributed by atoms with E-state index < -0.39 is 25.3 Å². The van der Waals surface area contributed by atoms with Crippen LogP contribution >= 0.6 is 0 Å². The third-order valence-electron chi connectivity index (χ3n) is 2.46. The van der Waals surface area contributed by atoms with Gasteiger partial charge in [0.2, 0.25) is 20.0 Å². The highest BCUT2D eigenvalue weighted by Gasteiger charge is 2.19. The van der Waals surface area contributed by atoms with Crippen LogP contribution in [-0.2, 0) is 20.0 Å². The summed E-state index contributed by atoms with van der Waals surface area (Å²) in [6.07, 6.45) is 0. The van der Waals surface area contributed by atoms with Crippen LogP contribution < -0.4 is 9.86 Å². The van der Waals surface area contributed by atoms with Gasteiger partial charge in [0.25, 0.3) is 0 Å². The number of anilines is 1. The van der Waals surface area contributed by atoms with E-state index in [0.717, 1.165) is 0 Å². The Kier molecular flexibility index (Phi) is 4.04. The van der Waals surface area contributed by atoms with Gasteiger partial charge in [-0.25, -0.2) is 22.0 Å². The van der Waals surface area contributed by atoms with Crippen molar-refractivity contribution in [1.82, 2.24) is 0 Å². The molecule has 1 aromatic rings. The van der Waals surface area contributed by atoms with Gasteiger partial charge in [0.1, 0.15) is 0 Å². The fourth-order valence-corrected chi connectivity index (χ4v) is 2.87. The molecule has 3 N–H and O–H groups in total. The molecule has 0 bridgehead atoms. The van der Waals surface area contributed by atoms with Crippen LogP contribution in [0, 0.1) is 6.92 Å². The smallest absolute Gasteiger partial charge is 0.238 e. The Balaban J connectivity index is 3.30. The molecule has 0 saturated heterocycles. The third kappa shape index (κ3) is 3.21. The predicted octanol–water partition coefficient (Wildman–Crippen LogP) is 0.793. The van der Waals surface area contributed by atoms with Gasteiger partial charge < -0.3 is 0 Å². The van der Waals surface area contributed by atoms with Crippen LogP contribution in [0.15, 0.2) is 23.1 Å². The van der Waals surface area contributed by atoms with Crippen molar-refractivity contribution in [2.75, 3.05) is 4.72 Å². The Labute approximate surface area is 107 Å². The molecule has 0 aromatic heterocycles. The molecular formula is C10H16N2O4S2. The van der Waals surface area contributed by atoms with E-state index in [-0.39, 0.29) is 16.1 Å². The normalized spacial score (nSPS) is 12.7. The van der Waals surface area contributed by atoms with Crippen LogP contribution in [0.3, 0.4) is 0 Å². The number of hydrogen-bond acceptors (Lipinski definition) is 4. The van der Waals surface area contributed by atoms with Crippen molar-refractivity contribution in [2.24, 2.45) is 5.14 Å². The maximum atomic E-state index is 11.7. The molecule has 0 atom stereocenters. The molecule has 0 fully saturated rings. The van der Waals surface area contributed by atoms with Crippen molar-refractivity contribution in [3.8, 4) is 0 Å². The van der Waals surface area contributed by atoms with Crippen molar-refractivity contribution >= 4 is 25.7 Å². The summed E-state index contributed by atoms with van der Waals surface area (Å²) in [6, 6.07) is 4.26. The van der Waals surface area contributed by atoms with E-state index in [0.29, 0.717) is 0 Å². The Bertz CT molecular complexity index is 648. The average Bonchev–Trinajstić information content (AvgIpc) is 2.18. The standard InChI is InChI=1S/C10H16N2O4S2/c1-7(2)18(15,16)12-9-5-4-6-10(8(9)3)17(11,13)14/h4-7,12H,1-3H3,(H2,11,13,14). The summed E-state index contributed by atoms with van der Waals surface area (Å²) in [5.41, 5.74) is 0.499. The van der Waals surface area contributed by atoms with Gasteiger partial charge in [-0.05, 0) is 38.5 Å². The second-order valence-corrected chi connectivity index (χ2v) is 7.94. The van der Waals surface area contributed by atoms with Crippen LogP contribution in [-0.4, -0.2) is 22.1 Å². The lowest BCUT2D eigenvalue weighted by atomic mass is 10.2. The lowest BCUT2D eigenvalue weighted by Crippen LogP contribution is -2.23. The maximum Gasteiger partial charge on any atom is 0.238 e. The minimum Gasteiger partial charge on any atom is -0.283 e. The molecule has 0 saturated carbocycles. The molecule has 0 aliphatic carbocycles. The highest BCUT2D eigenvalue weighted by molar-refractivity contribution is 7.93. The van der Waals surface area contributed by atoms with Crippen LogP contribution in [0.4, 0.5) is 5.69 Å². The summed E-state index contributed by atoms with van der Waals surface area (Å²) < 4.78 is 48.4. The van der Waals surface area contributed by atoms with Gasteiger partial charge in [-0.1, -0.05) is 6.07 Å². The van der Waals surface area contributed by atoms with Crippen molar-refractivity contribution in [2.45, 2.75) is 30.9 Å². The average molecular weight is 292 g/mol.